The molecule has 6 nitrogen and oxygen atoms in total. The van der Waals surface area contributed by atoms with Crippen LogP contribution in [0.5, 0.6) is 5.75 Å². The number of rotatable bonds is 6. The molecule has 0 spiro atoms. The van der Waals surface area contributed by atoms with Gasteiger partial charge in [0.1, 0.15) is 5.82 Å². The highest BCUT2D eigenvalue weighted by Crippen LogP contribution is 2.24. The number of para-hydroxylation sites is 2. The minimum absolute atomic E-state index is 0.195. The van der Waals surface area contributed by atoms with Crippen molar-refractivity contribution >= 4 is 17.1 Å². The molecule has 0 radical (unpaired) electrons. The largest absolute Gasteiger partial charge is 0.494 e. The Balaban J connectivity index is 1.57. The number of halogens is 1. The molecule has 3 N–H and O–H groups in total. The van der Waals surface area contributed by atoms with Gasteiger partial charge < -0.3 is 20.4 Å². The number of nitrogens with zero attached hydrogens (tertiary/aromatic N) is 1. The van der Waals surface area contributed by atoms with E-state index >= 15 is 0 Å². The molecule has 1 aliphatic rings. The maximum Gasteiger partial charge on any atom is 0.315 e. The van der Waals surface area contributed by atoms with Crippen molar-refractivity contribution in [2.45, 2.75) is 44.2 Å². The molecule has 1 heterocycles. The molecule has 1 atom stereocenters. The summed E-state index contributed by atoms with van der Waals surface area (Å²) < 4.78 is 19.2. The van der Waals surface area contributed by atoms with Gasteiger partial charge in [-0.3, -0.25) is 0 Å². The van der Waals surface area contributed by atoms with Crippen LogP contribution in [0.4, 0.5) is 9.18 Å². The predicted molar refractivity (Wildman–Crippen MR) is 109 cm³/mol. The first-order valence-electron chi connectivity index (χ1n) is 9.96. The number of hydrogen-bond donors (Lipinski definition) is 3. The van der Waals surface area contributed by atoms with Gasteiger partial charge in [-0.15, -0.1) is 0 Å². The molecule has 7 heteroatoms. The molecule has 3 aromatic rings. The Kier molecular flexibility index (Phi) is 5.64. The number of aromatic amines is 1. The average Bonchev–Trinajstić information content (AvgIpc) is 3.37. The van der Waals surface area contributed by atoms with Gasteiger partial charge in [-0.25, -0.2) is 14.2 Å². The fourth-order valence-corrected chi connectivity index (χ4v) is 3.88. The molecule has 4 rings (SSSR count). The molecule has 29 heavy (non-hydrogen) atoms. The number of carbonyl (C=O) groups excluding carboxylic acids is 1. The summed E-state index contributed by atoms with van der Waals surface area (Å²) in [6.45, 7) is 0. The molecular weight excluding hydrogens is 371 g/mol. The lowest BCUT2D eigenvalue weighted by Crippen LogP contribution is -2.43. The van der Waals surface area contributed by atoms with Gasteiger partial charge >= 0.3 is 6.03 Å². The number of urea groups is 1. The Bertz CT molecular complexity index is 964. The van der Waals surface area contributed by atoms with Gasteiger partial charge in [0.25, 0.3) is 0 Å². The zero-order chi connectivity index (χ0) is 20.2. The number of benzene rings is 2. The quantitative estimate of drug-likeness (QED) is 0.583. The number of ether oxygens (including phenoxy) is 1. The lowest BCUT2D eigenvalue weighted by atomic mass is 10.0. The normalized spacial score (nSPS) is 15.4. The van der Waals surface area contributed by atoms with Crippen molar-refractivity contribution in [2.75, 3.05) is 7.11 Å². The maximum absolute atomic E-state index is 14.2. The van der Waals surface area contributed by atoms with E-state index in [1.54, 1.807) is 12.1 Å². The predicted octanol–water partition coefficient (Wildman–Crippen LogP) is 4.24. The second-order valence-corrected chi connectivity index (χ2v) is 7.46. The van der Waals surface area contributed by atoms with Gasteiger partial charge in [0.2, 0.25) is 0 Å². The van der Waals surface area contributed by atoms with E-state index in [2.05, 4.69) is 20.6 Å². The molecule has 1 saturated carbocycles. The van der Waals surface area contributed by atoms with Crippen LogP contribution in [0.2, 0.25) is 0 Å². The van der Waals surface area contributed by atoms with Crippen molar-refractivity contribution in [1.29, 1.82) is 0 Å². The SMILES string of the molecule is COc1ccc(CC(NC(=O)NC2CCCC2)c2nc3ccccc3[nH]2)cc1F. The fourth-order valence-electron chi connectivity index (χ4n) is 3.88. The zero-order valence-electron chi connectivity index (χ0n) is 16.4. The molecule has 1 unspecified atom stereocenters. The second-order valence-electron chi connectivity index (χ2n) is 7.46. The highest BCUT2D eigenvalue weighted by Gasteiger charge is 2.22. The van der Waals surface area contributed by atoms with Gasteiger partial charge in [-0.1, -0.05) is 31.0 Å². The van der Waals surface area contributed by atoms with Crippen LogP contribution in [0.25, 0.3) is 11.0 Å². The lowest BCUT2D eigenvalue weighted by molar-refractivity contribution is 0.232. The first-order chi connectivity index (χ1) is 14.1. The Hall–Kier alpha value is -3.09. The number of imidazole rings is 1. The lowest BCUT2D eigenvalue weighted by Gasteiger charge is -2.20. The second kappa shape index (κ2) is 8.51. The van der Waals surface area contributed by atoms with Crippen LogP contribution in [-0.2, 0) is 6.42 Å². The molecule has 0 aliphatic heterocycles. The van der Waals surface area contributed by atoms with Crippen molar-refractivity contribution < 1.29 is 13.9 Å². The molecular formula is C22H25FN4O2. The Morgan fingerprint density at radius 2 is 2.07 bits per heavy atom. The van der Waals surface area contributed by atoms with Crippen LogP contribution in [0.1, 0.15) is 43.1 Å². The third-order valence-electron chi connectivity index (χ3n) is 5.39. The standard InChI is InChI=1S/C22H25FN4O2/c1-29-20-11-10-14(12-16(20)23)13-19(27-22(28)24-15-6-2-3-7-15)21-25-17-8-4-5-9-18(17)26-21/h4-5,8-12,15,19H,2-3,6-7,13H2,1H3,(H,25,26)(H2,24,27,28). The van der Waals surface area contributed by atoms with E-state index in [1.807, 2.05) is 24.3 Å². The minimum Gasteiger partial charge on any atom is -0.494 e. The van der Waals surface area contributed by atoms with Crippen LogP contribution >= 0.6 is 0 Å². The fraction of sp³-hybridized carbons (Fsp3) is 0.364. The van der Waals surface area contributed by atoms with Crippen molar-refractivity contribution in [2.24, 2.45) is 0 Å². The third-order valence-corrected chi connectivity index (χ3v) is 5.39. The first kappa shape index (κ1) is 19.2. The van der Waals surface area contributed by atoms with Crippen LogP contribution in [0, 0.1) is 5.82 Å². The summed E-state index contributed by atoms with van der Waals surface area (Å²) in [5.41, 5.74) is 2.47. The van der Waals surface area contributed by atoms with Gasteiger partial charge in [-0.2, -0.15) is 0 Å². The van der Waals surface area contributed by atoms with E-state index in [0.717, 1.165) is 42.3 Å². The van der Waals surface area contributed by atoms with Crippen molar-refractivity contribution in [1.82, 2.24) is 20.6 Å². The third kappa shape index (κ3) is 4.50. The number of H-pyrrole nitrogens is 1. The molecule has 0 bridgehead atoms. The van der Waals surface area contributed by atoms with E-state index in [0.29, 0.717) is 12.2 Å². The van der Waals surface area contributed by atoms with E-state index in [-0.39, 0.29) is 17.8 Å². The summed E-state index contributed by atoms with van der Waals surface area (Å²) >= 11 is 0. The molecule has 2 amide bonds. The topological polar surface area (TPSA) is 79.0 Å². The molecule has 1 aliphatic carbocycles. The van der Waals surface area contributed by atoms with Crippen molar-refractivity contribution in [3.63, 3.8) is 0 Å². The highest BCUT2D eigenvalue weighted by atomic mass is 19.1. The van der Waals surface area contributed by atoms with Gasteiger partial charge in [0, 0.05) is 12.5 Å². The van der Waals surface area contributed by atoms with Crippen LogP contribution in [0.3, 0.4) is 0 Å². The summed E-state index contributed by atoms with van der Waals surface area (Å²) in [5.74, 6) is 0.411. The zero-order valence-corrected chi connectivity index (χ0v) is 16.4. The van der Waals surface area contributed by atoms with Crippen molar-refractivity contribution in [3.05, 3.63) is 59.7 Å². The molecule has 1 aromatic heterocycles. The number of amides is 2. The summed E-state index contributed by atoms with van der Waals surface area (Å²) in [4.78, 5) is 20.5. The Labute approximate surface area is 168 Å². The van der Waals surface area contributed by atoms with Gasteiger partial charge in [0.15, 0.2) is 11.6 Å². The van der Waals surface area contributed by atoms with Crippen LogP contribution in [0.15, 0.2) is 42.5 Å². The summed E-state index contributed by atoms with van der Waals surface area (Å²) in [6, 6.07) is 12.1. The van der Waals surface area contributed by atoms with Gasteiger partial charge in [-0.05, 0) is 42.7 Å². The van der Waals surface area contributed by atoms with Crippen LogP contribution in [-0.4, -0.2) is 29.2 Å². The summed E-state index contributed by atoms with van der Waals surface area (Å²) in [6.07, 6.45) is 4.70. The number of carbonyl (C=O) groups is 1. The smallest absolute Gasteiger partial charge is 0.315 e. The monoisotopic (exact) mass is 396 g/mol. The van der Waals surface area contributed by atoms with E-state index in [4.69, 9.17) is 4.74 Å². The summed E-state index contributed by atoms with van der Waals surface area (Å²) in [5, 5.41) is 6.06. The molecule has 1 fully saturated rings. The van der Waals surface area contributed by atoms with Gasteiger partial charge in [0.05, 0.1) is 24.2 Å². The summed E-state index contributed by atoms with van der Waals surface area (Å²) in [7, 11) is 1.43. The van der Waals surface area contributed by atoms with Crippen LogP contribution < -0.4 is 15.4 Å². The highest BCUT2D eigenvalue weighted by molar-refractivity contribution is 5.76. The Morgan fingerprint density at radius 3 is 2.79 bits per heavy atom. The Morgan fingerprint density at radius 1 is 1.28 bits per heavy atom. The number of aromatic nitrogens is 2. The van der Waals surface area contributed by atoms with E-state index < -0.39 is 11.9 Å². The average molecular weight is 396 g/mol. The minimum atomic E-state index is -0.427. The molecule has 152 valence electrons. The number of hydrogen-bond acceptors (Lipinski definition) is 3. The number of nitrogens with one attached hydrogen (secondary N) is 3. The van der Waals surface area contributed by atoms with E-state index in [1.165, 1.54) is 13.2 Å². The molecule has 0 saturated heterocycles. The molecule has 2 aromatic carbocycles. The first-order valence-corrected chi connectivity index (χ1v) is 9.96. The van der Waals surface area contributed by atoms with E-state index in [9.17, 15) is 9.18 Å². The number of methoxy groups -OCH3 is 1. The van der Waals surface area contributed by atoms with Crippen molar-refractivity contribution in [3.8, 4) is 5.75 Å². The maximum atomic E-state index is 14.2. The number of fused-ring (bicyclic) bond motifs is 1.